The summed E-state index contributed by atoms with van der Waals surface area (Å²) in [5, 5.41) is 2.85. The molecule has 0 radical (unpaired) electrons. The van der Waals surface area contributed by atoms with Gasteiger partial charge in [0.15, 0.2) is 6.10 Å². The second-order valence-electron chi connectivity index (χ2n) is 6.87. The number of piperidine rings is 1. The number of benzene rings is 1. The molecule has 0 aliphatic carbocycles. The number of ether oxygens (including phenoxy) is 1. The molecule has 1 aromatic carbocycles. The molecule has 0 unspecified atom stereocenters. The SMILES string of the molecule is CCCN1C(=O)NC2(CCN(C(=O)[C@H](C)Oc3ccccc3)CC2)C1=O. The molecule has 1 N–H and O–H groups in total. The van der Waals surface area contributed by atoms with Crippen LogP contribution in [0.2, 0.25) is 0 Å². The van der Waals surface area contributed by atoms with Crippen molar-refractivity contribution < 1.29 is 19.1 Å². The molecule has 2 aliphatic rings. The van der Waals surface area contributed by atoms with Gasteiger partial charge in [-0.1, -0.05) is 25.1 Å². The van der Waals surface area contributed by atoms with E-state index in [0.717, 1.165) is 6.42 Å². The Balaban J connectivity index is 1.59. The summed E-state index contributed by atoms with van der Waals surface area (Å²) in [6.07, 6.45) is 0.995. The van der Waals surface area contributed by atoms with Gasteiger partial charge in [0.05, 0.1) is 0 Å². The Morgan fingerprint density at radius 3 is 2.50 bits per heavy atom. The Labute approximate surface area is 153 Å². The predicted octanol–water partition coefficient (Wildman–Crippen LogP) is 1.78. The number of nitrogens with zero attached hydrogens (tertiary/aromatic N) is 2. The first kappa shape index (κ1) is 18.2. The van der Waals surface area contributed by atoms with Crippen LogP contribution < -0.4 is 10.1 Å². The Bertz CT molecular complexity index is 683. The lowest BCUT2D eigenvalue weighted by molar-refractivity contribution is -0.142. The maximum atomic E-state index is 12.6. The first-order valence-corrected chi connectivity index (χ1v) is 9.11. The number of hydrogen-bond acceptors (Lipinski definition) is 4. The molecule has 2 aliphatic heterocycles. The third-order valence-electron chi connectivity index (χ3n) is 5.03. The van der Waals surface area contributed by atoms with Crippen LogP contribution in [0.4, 0.5) is 4.79 Å². The van der Waals surface area contributed by atoms with Crippen molar-refractivity contribution >= 4 is 17.8 Å². The number of nitrogens with one attached hydrogen (secondary N) is 1. The van der Waals surface area contributed by atoms with Gasteiger partial charge in [0.25, 0.3) is 11.8 Å². The van der Waals surface area contributed by atoms with E-state index < -0.39 is 11.6 Å². The predicted molar refractivity (Wildman–Crippen MR) is 95.6 cm³/mol. The van der Waals surface area contributed by atoms with Gasteiger partial charge < -0.3 is 15.0 Å². The van der Waals surface area contributed by atoms with Crippen molar-refractivity contribution in [2.45, 2.75) is 44.8 Å². The van der Waals surface area contributed by atoms with Gasteiger partial charge in [-0.2, -0.15) is 0 Å². The molecule has 3 rings (SSSR count). The van der Waals surface area contributed by atoms with Gasteiger partial charge >= 0.3 is 6.03 Å². The number of amides is 4. The number of hydrogen-bond donors (Lipinski definition) is 1. The van der Waals surface area contributed by atoms with Crippen molar-refractivity contribution in [1.29, 1.82) is 0 Å². The van der Waals surface area contributed by atoms with Crippen LogP contribution in [0.5, 0.6) is 5.75 Å². The van der Waals surface area contributed by atoms with Crippen molar-refractivity contribution in [1.82, 2.24) is 15.1 Å². The topological polar surface area (TPSA) is 79.0 Å². The van der Waals surface area contributed by atoms with E-state index in [2.05, 4.69) is 5.32 Å². The third-order valence-corrected chi connectivity index (χ3v) is 5.03. The quantitative estimate of drug-likeness (QED) is 0.813. The fourth-order valence-electron chi connectivity index (χ4n) is 3.56. The number of para-hydroxylation sites is 1. The summed E-state index contributed by atoms with van der Waals surface area (Å²) in [4.78, 5) is 40.4. The van der Waals surface area contributed by atoms with Gasteiger partial charge in [-0.05, 0) is 38.3 Å². The van der Waals surface area contributed by atoms with E-state index in [1.807, 2.05) is 37.3 Å². The van der Waals surface area contributed by atoms with Crippen molar-refractivity contribution in [3.05, 3.63) is 30.3 Å². The number of likely N-dealkylation sites (tertiary alicyclic amines) is 1. The van der Waals surface area contributed by atoms with E-state index >= 15 is 0 Å². The Hall–Kier alpha value is -2.57. The van der Waals surface area contributed by atoms with Crippen LogP contribution in [0.1, 0.15) is 33.1 Å². The minimum Gasteiger partial charge on any atom is -0.481 e. The summed E-state index contributed by atoms with van der Waals surface area (Å²) in [6.45, 7) is 4.93. The minimum atomic E-state index is -0.855. The number of imide groups is 1. The molecule has 0 bridgehead atoms. The van der Waals surface area contributed by atoms with E-state index in [-0.39, 0.29) is 17.8 Å². The van der Waals surface area contributed by atoms with E-state index in [1.165, 1.54) is 4.90 Å². The zero-order valence-electron chi connectivity index (χ0n) is 15.2. The van der Waals surface area contributed by atoms with E-state index in [4.69, 9.17) is 4.74 Å². The molecule has 2 heterocycles. The first-order chi connectivity index (χ1) is 12.5. The molecule has 1 aromatic rings. The van der Waals surface area contributed by atoms with Crippen LogP contribution in [-0.4, -0.2) is 58.9 Å². The van der Waals surface area contributed by atoms with Gasteiger partial charge in [0, 0.05) is 19.6 Å². The van der Waals surface area contributed by atoms with Crippen LogP contribution in [0, 0.1) is 0 Å². The maximum absolute atomic E-state index is 12.6. The van der Waals surface area contributed by atoms with Crippen LogP contribution in [0.25, 0.3) is 0 Å². The maximum Gasteiger partial charge on any atom is 0.325 e. The molecule has 4 amide bonds. The highest BCUT2D eigenvalue weighted by Gasteiger charge is 2.52. The molecule has 7 nitrogen and oxygen atoms in total. The Morgan fingerprint density at radius 1 is 1.23 bits per heavy atom. The van der Waals surface area contributed by atoms with Gasteiger partial charge in [0.1, 0.15) is 11.3 Å². The molecule has 1 spiro atoms. The van der Waals surface area contributed by atoms with Crippen LogP contribution in [0.15, 0.2) is 30.3 Å². The molecule has 0 aromatic heterocycles. The number of carbonyl (C=O) groups excluding carboxylic acids is 3. The lowest BCUT2D eigenvalue weighted by Gasteiger charge is -2.38. The second kappa shape index (κ2) is 7.35. The molecule has 140 valence electrons. The van der Waals surface area contributed by atoms with Gasteiger partial charge in [-0.15, -0.1) is 0 Å². The first-order valence-electron chi connectivity index (χ1n) is 9.11. The minimum absolute atomic E-state index is 0.106. The van der Waals surface area contributed by atoms with Crippen molar-refractivity contribution in [2.24, 2.45) is 0 Å². The summed E-state index contributed by atoms with van der Waals surface area (Å²) in [6, 6.07) is 8.89. The van der Waals surface area contributed by atoms with Crippen molar-refractivity contribution in [3.8, 4) is 5.75 Å². The molecular weight excluding hydrogens is 334 g/mol. The highest BCUT2D eigenvalue weighted by molar-refractivity contribution is 6.07. The van der Waals surface area contributed by atoms with Gasteiger partial charge in [-0.3, -0.25) is 14.5 Å². The third kappa shape index (κ3) is 3.38. The van der Waals surface area contributed by atoms with Crippen molar-refractivity contribution in [3.63, 3.8) is 0 Å². The lowest BCUT2D eigenvalue weighted by atomic mass is 9.87. The Morgan fingerprint density at radius 2 is 1.88 bits per heavy atom. The molecule has 26 heavy (non-hydrogen) atoms. The number of urea groups is 1. The molecule has 7 heteroatoms. The molecule has 0 saturated carbocycles. The number of rotatable bonds is 5. The lowest BCUT2D eigenvalue weighted by Crippen LogP contribution is -2.57. The Kier molecular flexibility index (Phi) is 5.15. The smallest absolute Gasteiger partial charge is 0.325 e. The summed E-state index contributed by atoms with van der Waals surface area (Å²) in [5.41, 5.74) is -0.855. The number of carbonyl (C=O) groups is 3. The van der Waals surface area contributed by atoms with E-state index in [9.17, 15) is 14.4 Å². The summed E-state index contributed by atoms with van der Waals surface area (Å²) < 4.78 is 5.70. The van der Waals surface area contributed by atoms with Gasteiger partial charge in [0.2, 0.25) is 0 Å². The second-order valence-corrected chi connectivity index (χ2v) is 6.87. The largest absolute Gasteiger partial charge is 0.481 e. The van der Waals surface area contributed by atoms with Crippen molar-refractivity contribution in [2.75, 3.05) is 19.6 Å². The van der Waals surface area contributed by atoms with Gasteiger partial charge in [-0.25, -0.2) is 4.79 Å². The molecule has 2 saturated heterocycles. The molecular formula is C19H25N3O4. The van der Waals surface area contributed by atoms with E-state index in [0.29, 0.717) is 38.2 Å². The molecule has 1 atom stereocenters. The zero-order chi connectivity index (χ0) is 18.7. The molecule has 2 fully saturated rings. The fraction of sp³-hybridized carbons (Fsp3) is 0.526. The standard InChI is InChI=1S/C19H25N3O4/c1-3-11-22-17(24)19(20-18(22)25)9-12-21(13-10-19)16(23)14(2)26-15-7-5-4-6-8-15/h4-8,14H,3,9-13H2,1-2H3,(H,20,25)/t14-/m0/s1. The summed E-state index contributed by atoms with van der Waals surface area (Å²) >= 11 is 0. The fourth-order valence-corrected chi connectivity index (χ4v) is 3.56. The average molecular weight is 359 g/mol. The van der Waals surface area contributed by atoms with Crippen LogP contribution in [0.3, 0.4) is 0 Å². The highest BCUT2D eigenvalue weighted by atomic mass is 16.5. The highest BCUT2D eigenvalue weighted by Crippen LogP contribution is 2.30. The average Bonchev–Trinajstić information content (AvgIpc) is 2.87. The van der Waals surface area contributed by atoms with Crippen LogP contribution >= 0.6 is 0 Å². The monoisotopic (exact) mass is 359 g/mol. The summed E-state index contributed by atoms with van der Waals surface area (Å²) in [5.74, 6) is 0.381. The van der Waals surface area contributed by atoms with E-state index in [1.54, 1.807) is 11.8 Å². The summed E-state index contributed by atoms with van der Waals surface area (Å²) in [7, 11) is 0. The van der Waals surface area contributed by atoms with Crippen LogP contribution in [-0.2, 0) is 9.59 Å². The normalized spacial score (nSPS) is 20.2. The zero-order valence-corrected chi connectivity index (χ0v) is 15.2.